The summed E-state index contributed by atoms with van der Waals surface area (Å²) < 4.78 is 0. The van der Waals surface area contributed by atoms with Crippen LogP contribution in [0.15, 0.2) is 0 Å². The number of anilines is 1. The smallest absolute Gasteiger partial charge is 0.257 e. The van der Waals surface area contributed by atoms with Crippen LogP contribution in [0.4, 0.5) is 5.82 Å². The second-order valence-corrected chi connectivity index (χ2v) is 5.20. The molecule has 1 aliphatic rings. The van der Waals surface area contributed by atoms with Crippen LogP contribution in [0.25, 0.3) is 0 Å². The second-order valence-electron chi connectivity index (χ2n) is 5.20. The fourth-order valence-corrected chi connectivity index (χ4v) is 2.61. The van der Waals surface area contributed by atoms with Gasteiger partial charge in [-0.2, -0.15) is 5.10 Å². The molecule has 1 aliphatic heterocycles. The third-order valence-corrected chi connectivity index (χ3v) is 3.66. The summed E-state index contributed by atoms with van der Waals surface area (Å²) in [6, 6.07) is 0.245. The van der Waals surface area contributed by atoms with Gasteiger partial charge in [-0.15, -0.1) is 0 Å². The summed E-state index contributed by atoms with van der Waals surface area (Å²) >= 11 is 0. The molecule has 6 nitrogen and oxygen atoms in total. The molecule has 0 atom stereocenters. The number of nitrogens with one attached hydrogen (secondary N) is 2. The van der Waals surface area contributed by atoms with Crippen molar-refractivity contribution in [3.05, 3.63) is 11.3 Å². The van der Waals surface area contributed by atoms with Gasteiger partial charge in [0.2, 0.25) is 0 Å². The fraction of sp³-hybridized carbons (Fsp3) is 0.692. The van der Waals surface area contributed by atoms with Gasteiger partial charge in [0.15, 0.2) is 5.82 Å². The minimum absolute atomic E-state index is 0.113. The van der Waals surface area contributed by atoms with Gasteiger partial charge >= 0.3 is 0 Å². The molecule has 0 bridgehead atoms. The number of carbonyl (C=O) groups excluding carboxylic acids is 1. The van der Waals surface area contributed by atoms with Crippen molar-refractivity contribution in [2.24, 2.45) is 0 Å². The molecule has 1 aromatic heterocycles. The van der Waals surface area contributed by atoms with Gasteiger partial charge in [-0.3, -0.25) is 9.89 Å². The summed E-state index contributed by atoms with van der Waals surface area (Å²) in [7, 11) is 0. The number of aromatic amines is 1. The SMILES string of the molecule is CCCN1CCC(NC(=O)c2c(N)n[nH]c2C)CC1. The first-order valence-electron chi connectivity index (χ1n) is 6.95. The van der Waals surface area contributed by atoms with Gasteiger partial charge in [-0.1, -0.05) is 6.92 Å². The van der Waals surface area contributed by atoms with Crippen molar-refractivity contribution in [1.29, 1.82) is 0 Å². The van der Waals surface area contributed by atoms with Crippen LogP contribution in [-0.2, 0) is 0 Å². The van der Waals surface area contributed by atoms with Crippen molar-refractivity contribution in [3.63, 3.8) is 0 Å². The van der Waals surface area contributed by atoms with Crippen molar-refractivity contribution in [2.75, 3.05) is 25.4 Å². The molecule has 0 saturated carbocycles. The Morgan fingerprint density at radius 2 is 2.21 bits per heavy atom. The Hall–Kier alpha value is -1.56. The molecule has 0 spiro atoms. The molecule has 1 fully saturated rings. The Morgan fingerprint density at radius 3 is 2.74 bits per heavy atom. The van der Waals surface area contributed by atoms with E-state index in [-0.39, 0.29) is 17.8 Å². The van der Waals surface area contributed by atoms with Crippen molar-refractivity contribution in [3.8, 4) is 0 Å². The van der Waals surface area contributed by atoms with Crippen LogP contribution in [0, 0.1) is 6.92 Å². The zero-order valence-corrected chi connectivity index (χ0v) is 11.7. The molecule has 6 heteroatoms. The number of hydrogen-bond donors (Lipinski definition) is 3. The number of piperidine rings is 1. The third kappa shape index (κ3) is 3.26. The molecule has 4 N–H and O–H groups in total. The van der Waals surface area contributed by atoms with Gasteiger partial charge in [-0.25, -0.2) is 0 Å². The predicted octanol–water partition coefficient (Wildman–Crippen LogP) is 0.905. The van der Waals surface area contributed by atoms with Crippen molar-refractivity contribution in [1.82, 2.24) is 20.4 Å². The Bertz CT molecular complexity index is 415. The van der Waals surface area contributed by atoms with Gasteiger partial charge in [0.1, 0.15) is 5.56 Å². The minimum Gasteiger partial charge on any atom is -0.382 e. The number of nitrogen functional groups attached to an aromatic ring is 1. The largest absolute Gasteiger partial charge is 0.382 e. The number of H-pyrrole nitrogens is 1. The molecule has 0 aromatic carbocycles. The minimum atomic E-state index is -0.113. The fourth-order valence-electron chi connectivity index (χ4n) is 2.61. The molecule has 2 rings (SSSR count). The number of hydrogen-bond acceptors (Lipinski definition) is 4. The van der Waals surface area contributed by atoms with Crippen molar-refractivity contribution < 1.29 is 4.79 Å². The Balaban J connectivity index is 1.88. The monoisotopic (exact) mass is 265 g/mol. The van der Waals surface area contributed by atoms with E-state index in [0.29, 0.717) is 5.56 Å². The van der Waals surface area contributed by atoms with Gasteiger partial charge < -0.3 is 16.0 Å². The molecular formula is C13H23N5O. The molecule has 0 unspecified atom stereocenters. The lowest BCUT2D eigenvalue weighted by Crippen LogP contribution is -2.44. The summed E-state index contributed by atoms with van der Waals surface area (Å²) in [5, 5.41) is 9.65. The lowest BCUT2D eigenvalue weighted by molar-refractivity contribution is 0.0911. The van der Waals surface area contributed by atoms with E-state index in [1.807, 2.05) is 6.92 Å². The van der Waals surface area contributed by atoms with E-state index in [9.17, 15) is 4.79 Å². The zero-order chi connectivity index (χ0) is 13.8. The molecule has 1 amide bonds. The van der Waals surface area contributed by atoms with E-state index >= 15 is 0 Å². The highest BCUT2D eigenvalue weighted by Crippen LogP contribution is 2.15. The van der Waals surface area contributed by atoms with E-state index in [4.69, 9.17) is 5.73 Å². The summed E-state index contributed by atoms with van der Waals surface area (Å²) in [6.07, 6.45) is 3.19. The highest BCUT2D eigenvalue weighted by Gasteiger charge is 2.23. The Morgan fingerprint density at radius 1 is 1.53 bits per heavy atom. The van der Waals surface area contributed by atoms with Crippen molar-refractivity contribution >= 4 is 11.7 Å². The van der Waals surface area contributed by atoms with Gasteiger partial charge in [0.05, 0.1) is 0 Å². The van der Waals surface area contributed by atoms with Crippen LogP contribution in [0.1, 0.15) is 42.2 Å². The number of likely N-dealkylation sites (tertiary alicyclic amines) is 1. The summed E-state index contributed by atoms with van der Waals surface area (Å²) in [5.74, 6) is 0.163. The highest BCUT2D eigenvalue weighted by molar-refractivity contribution is 5.99. The predicted molar refractivity (Wildman–Crippen MR) is 75.0 cm³/mol. The van der Waals surface area contributed by atoms with E-state index in [1.54, 1.807) is 0 Å². The van der Waals surface area contributed by atoms with E-state index < -0.39 is 0 Å². The van der Waals surface area contributed by atoms with Crippen LogP contribution < -0.4 is 11.1 Å². The third-order valence-electron chi connectivity index (χ3n) is 3.66. The number of nitrogens with two attached hydrogens (primary N) is 1. The molecule has 1 aromatic rings. The van der Waals surface area contributed by atoms with Crippen molar-refractivity contribution in [2.45, 2.75) is 39.2 Å². The van der Waals surface area contributed by atoms with Gasteiger partial charge in [0.25, 0.3) is 5.91 Å². The summed E-state index contributed by atoms with van der Waals surface area (Å²) in [5.41, 5.74) is 6.90. The first kappa shape index (κ1) is 13.9. The molecule has 2 heterocycles. The lowest BCUT2D eigenvalue weighted by Gasteiger charge is -2.32. The molecule has 106 valence electrons. The molecular weight excluding hydrogens is 242 g/mol. The average molecular weight is 265 g/mol. The Labute approximate surface area is 113 Å². The maximum atomic E-state index is 12.2. The number of aromatic nitrogens is 2. The van der Waals surface area contributed by atoms with Gasteiger partial charge in [0, 0.05) is 24.8 Å². The lowest BCUT2D eigenvalue weighted by atomic mass is 10.0. The number of nitrogens with zero attached hydrogens (tertiary/aromatic N) is 2. The quantitative estimate of drug-likeness (QED) is 0.755. The molecule has 19 heavy (non-hydrogen) atoms. The zero-order valence-electron chi connectivity index (χ0n) is 11.7. The molecule has 0 radical (unpaired) electrons. The number of rotatable bonds is 4. The number of aryl methyl sites for hydroxylation is 1. The Kier molecular flexibility index (Phi) is 4.42. The highest BCUT2D eigenvalue weighted by atomic mass is 16.1. The van der Waals surface area contributed by atoms with E-state index in [0.717, 1.165) is 38.2 Å². The number of carbonyl (C=O) groups is 1. The van der Waals surface area contributed by atoms with Crippen LogP contribution in [0.5, 0.6) is 0 Å². The van der Waals surface area contributed by atoms with E-state index in [2.05, 4.69) is 27.3 Å². The van der Waals surface area contributed by atoms with Crippen LogP contribution >= 0.6 is 0 Å². The first-order chi connectivity index (χ1) is 9.11. The average Bonchev–Trinajstić information content (AvgIpc) is 2.72. The summed E-state index contributed by atoms with van der Waals surface area (Å²) in [6.45, 7) is 7.26. The molecule has 1 saturated heterocycles. The standard InChI is InChI=1S/C13H23N5O/c1-3-6-18-7-4-10(5-8-18)15-13(19)11-9(2)16-17-12(11)14/h10H,3-8H2,1-2H3,(H,15,19)(H3,14,16,17). The molecule has 0 aliphatic carbocycles. The van der Waals surface area contributed by atoms with Crippen LogP contribution in [0.2, 0.25) is 0 Å². The number of amides is 1. The maximum Gasteiger partial charge on any atom is 0.257 e. The van der Waals surface area contributed by atoms with Crippen LogP contribution in [0.3, 0.4) is 0 Å². The van der Waals surface area contributed by atoms with Crippen LogP contribution in [-0.4, -0.2) is 46.7 Å². The maximum absolute atomic E-state index is 12.2. The normalized spacial score (nSPS) is 17.6. The topological polar surface area (TPSA) is 87.0 Å². The first-order valence-corrected chi connectivity index (χ1v) is 6.95. The summed E-state index contributed by atoms with van der Waals surface area (Å²) in [4.78, 5) is 14.6. The van der Waals surface area contributed by atoms with Gasteiger partial charge in [-0.05, 0) is 32.7 Å². The van der Waals surface area contributed by atoms with E-state index in [1.165, 1.54) is 6.42 Å². The second kappa shape index (κ2) is 6.06.